The zero-order chi connectivity index (χ0) is 11.1. The number of imidazole rings is 1. The average molecular weight is 272 g/mol. The van der Waals surface area contributed by atoms with E-state index in [1.54, 1.807) is 0 Å². The van der Waals surface area contributed by atoms with Gasteiger partial charge in [0, 0.05) is 18.8 Å². The van der Waals surface area contributed by atoms with Gasteiger partial charge in [-0.1, -0.05) is 24.6 Å². The van der Waals surface area contributed by atoms with Crippen LogP contribution in [0.1, 0.15) is 19.0 Å². The molecular weight excluding hydrogens is 257 g/mol. The lowest BCUT2D eigenvalue weighted by Gasteiger charge is -2.03. The van der Waals surface area contributed by atoms with Gasteiger partial charge in [0.1, 0.15) is 5.65 Å². The van der Waals surface area contributed by atoms with Crippen molar-refractivity contribution in [3.05, 3.63) is 35.2 Å². The Kier molecular flexibility index (Phi) is 3.61. The monoisotopic (exact) mass is 271 g/mol. The zero-order valence-corrected chi connectivity index (χ0v) is 11.1. The SMILES string of the molecule is CC1CC1NCc1c(Cl)nc2ccccn12.Cl. The fourth-order valence-electron chi connectivity index (χ4n) is 2.01. The van der Waals surface area contributed by atoms with Crippen LogP contribution in [0, 0.1) is 5.92 Å². The summed E-state index contributed by atoms with van der Waals surface area (Å²) in [6.45, 7) is 3.05. The number of rotatable bonds is 3. The second-order valence-corrected chi connectivity index (χ2v) is 4.84. The van der Waals surface area contributed by atoms with Crippen LogP contribution in [0.4, 0.5) is 0 Å². The molecule has 0 radical (unpaired) electrons. The minimum Gasteiger partial charge on any atom is -0.308 e. The van der Waals surface area contributed by atoms with E-state index in [4.69, 9.17) is 11.6 Å². The Balaban J connectivity index is 0.00000108. The Labute approximate surface area is 112 Å². The Morgan fingerprint density at radius 1 is 1.53 bits per heavy atom. The summed E-state index contributed by atoms with van der Waals surface area (Å²) in [4.78, 5) is 4.32. The first-order valence-electron chi connectivity index (χ1n) is 5.60. The normalized spacial score (nSPS) is 22.5. The molecule has 0 saturated heterocycles. The van der Waals surface area contributed by atoms with Crippen LogP contribution >= 0.6 is 24.0 Å². The molecule has 1 aliphatic carbocycles. The van der Waals surface area contributed by atoms with Crippen molar-refractivity contribution in [2.75, 3.05) is 0 Å². The molecule has 3 rings (SSSR count). The van der Waals surface area contributed by atoms with Gasteiger partial charge in [-0.3, -0.25) is 0 Å². The van der Waals surface area contributed by atoms with Crippen LogP contribution in [0.5, 0.6) is 0 Å². The molecule has 0 bridgehead atoms. The Bertz CT molecular complexity index is 523. The van der Waals surface area contributed by atoms with E-state index in [1.807, 2.05) is 28.8 Å². The highest BCUT2D eigenvalue weighted by molar-refractivity contribution is 6.30. The predicted octanol–water partition coefficient (Wildman–Crippen LogP) is 2.91. The third kappa shape index (κ3) is 2.41. The number of hydrogen-bond donors (Lipinski definition) is 1. The minimum atomic E-state index is 0. The Morgan fingerprint density at radius 3 is 3.00 bits per heavy atom. The maximum absolute atomic E-state index is 6.14. The number of nitrogens with zero attached hydrogens (tertiary/aromatic N) is 2. The molecule has 2 atom stereocenters. The number of fused-ring (bicyclic) bond motifs is 1. The number of pyridine rings is 1. The first-order chi connectivity index (χ1) is 7.75. The van der Waals surface area contributed by atoms with Gasteiger partial charge in [0.05, 0.1) is 5.69 Å². The quantitative estimate of drug-likeness (QED) is 0.930. The highest BCUT2D eigenvalue weighted by atomic mass is 35.5. The van der Waals surface area contributed by atoms with Gasteiger partial charge in [0.25, 0.3) is 0 Å². The molecule has 17 heavy (non-hydrogen) atoms. The molecule has 1 saturated carbocycles. The highest BCUT2D eigenvalue weighted by Crippen LogP contribution is 2.29. The van der Waals surface area contributed by atoms with Crippen LogP contribution < -0.4 is 5.32 Å². The van der Waals surface area contributed by atoms with Gasteiger partial charge in [-0.2, -0.15) is 0 Å². The highest BCUT2D eigenvalue weighted by Gasteiger charge is 2.32. The molecule has 2 unspecified atom stereocenters. The van der Waals surface area contributed by atoms with Crippen LogP contribution in [0.15, 0.2) is 24.4 Å². The van der Waals surface area contributed by atoms with Crippen molar-refractivity contribution >= 4 is 29.7 Å². The summed E-state index contributed by atoms with van der Waals surface area (Å²) < 4.78 is 2.04. The first kappa shape index (κ1) is 12.7. The summed E-state index contributed by atoms with van der Waals surface area (Å²) in [5.74, 6) is 0.804. The van der Waals surface area contributed by atoms with E-state index in [9.17, 15) is 0 Å². The van der Waals surface area contributed by atoms with Gasteiger partial charge in [0.15, 0.2) is 5.15 Å². The van der Waals surface area contributed by atoms with Crippen molar-refractivity contribution in [3.63, 3.8) is 0 Å². The summed E-state index contributed by atoms with van der Waals surface area (Å²) in [6.07, 6.45) is 3.27. The Hall–Kier alpha value is -0.770. The minimum absolute atomic E-state index is 0. The fraction of sp³-hybridized carbons (Fsp3) is 0.417. The van der Waals surface area contributed by atoms with Crippen molar-refractivity contribution in [1.29, 1.82) is 0 Å². The Morgan fingerprint density at radius 2 is 2.29 bits per heavy atom. The summed E-state index contributed by atoms with van der Waals surface area (Å²) >= 11 is 6.14. The summed E-state index contributed by atoms with van der Waals surface area (Å²) in [7, 11) is 0. The molecule has 0 spiro atoms. The molecule has 5 heteroatoms. The lowest BCUT2D eigenvalue weighted by atomic mass is 10.4. The third-order valence-electron chi connectivity index (χ3n) is 3.22. The van der Waals surface area contributed by atoms with Gasteiger partial charge in [-0.25, -0.2) is 4.98 Å². The number of aromatic nitrogens is 2. The van der Waals surface area contributed by atoms with Crippen LogP contribution in [0.2, 0.25) is 5.15 Å². The van der Waals surface area contributed by atoms with Crippen molar-refractivity contribution in [3.8, 4) is 0 Å². The van der Waals surface area contributed by atoms with Gasteiger partial charge in [-0.05, 0) is 24.5 Å². The van der Waals surface area contributed by atoms with Crippen LogP contribution in [0.25, 0.3) is 5.65 Å². The van der Waals surface area contributed by atoms with Crippen LogP contribution in [-0.2, 0) is 6.54 Å². The zero-order valence-electron chi connectivity index (χ0n) is 9.56. The maximum atomic E-state index is 6.14. The molecule has 1 aliphatic rings. The molecule has 92 valence electrons. The van der Waals surface area contributed by atoms with E-state index in [0.29, 0.717) is 11.2 Å². The molecule has 2 aromatic rings. The lowest BCUT2D eigenvalue weighted by molar-refractivity contribution is 0.639. The average Bonchev–Trinajstić information content (AvgIpc) is 2.88. The molecule has 0 aliphatic heterocycles. The topological polar surface area (TPSA) is 29.3 Å². The molecule has 3 nitrogen and oxygen atoms in total. The van der Waals surface area contributed by atoms with Crippen molar-refractivity contribution in [2.24, 2.45) is 5.92 Å². The smallest absolute Gasteiger partial charge is 0.152 e. The largest absolute Gasteiger partial charge is 0.308 e. The van der Waals surface area contributed by atoms with Gasteiger partial charge in [-0.15, -0.1) is 12.4 Å². The van der Waals surface area contributed by atoms with Crippen molar-refractivity contribution < 1.29 is 0 Å². The van der Waals surface area contributed by atoms with Gasteiger partial charge in [0.2, 0.25) is 0 Å². The van der Waals surface area contributed by atoms with E-state index in [-0.39, 0.29) is 12.4 Å². The second-order valence-electron chi connectivity index (χ2n) is 4.48. The lowest BCUT2D eigenvalue weighted by Crippen LogP contribution is -2.18. The number of nitrogens with one attached hydrogen (secondary N) is 1. The number of halogens is 2. The van der Waals surface area contributed by atoms with Crippen LogP contribution in [0.3, 0.4) is 0 Å². The molecule has 0 amide bonds. The summed E-state index contributed by atoms with van der Waals surface area (Å²) in [6, 6.07) is 6.59. The molecule has 0 aromatic carbocycles. The fourth-order valence-corrected chi connectivity index (χ4v) is 2.25. The second kappa shape index (κ2) is 4.84. The van der Waals surface area contributed by atoms with E-state index in [0.717, 1.165) is 23.8 Å². The molecule has 1 N–H and O–H groups in total. The summed E-state index contributed by atoms with van der Waals surface area (Å²) in [5.41, 5.74) is 1.96. The van der Waals surface area contributed by atoms with Crippen molar-refractivity contribution in [1.82, 2.24) is 14.7 Å². The van der Waals surface area contributed by atoms with E-state index in [1.165, 1.54) is 6.42 Å². The van der Waals surface area contributed by atoms with Gasteiger partial charge >= 0.3 is 0 Å². The summed E-state index contributed by atoms with van der Waals surface area (Å²) in [5, 5.41) is 4.10. The third-order valence-corrected chi connectivity index (χ3v) is 3.52. The molecule has 2 heterocycles. The van der Waals surface area contributed by atoms with Crippen molar-refractivity contribution in [2.45, 2.75) is 25.9 Å². The predicted molar refractivity (Wildman–Crippen MR) is 71.9 cm³/mol. The van der Waals surface area contributed by atoms with Crippen LogP contribution in [-0.4, -0.2) is 15.4 Å². The standard InChI is InChI=1S/C12H14ClN3.ClH/c1-8-6-9(8)14-7-10-12(13)15-11-4-2-3-5-16(10)11;/h2-5,8-9,14H,6-7H2,1H3;1H. The van der Waals surface area contributed by atoms with E-state index in [2.05, 4.69) is 17.2 Å². The van der Waals surface area contributed by atoms with E-state index >= 15 is 0 Å². The molecule has 2 aromatic heterocycles. The number of hydrogen-bond acceptors (Lipinski definition) is 2. The molecule has 1 fully saturated rings. The molecular formula is C12H15Cl2N3. The van der Waals surface area contributed by atoms with Gasteiger partial charge < -0.3 is 9.72 Å². The first-order valence-corrected chi connectivity index (χ1v) is 5.98. The maximum Gasteiger partial charge on any atom is 0.152 e. The van der Waals surface area contributed by atoms with E-state index < -0.39 is 0 Å².